The number of aryl methyl sites for hydroxylation is 1. The number of hydrogen-bond acceptors (Lipinski definition) is 14. The van der Waals surface area contributed by atoms with E-state index in [0.717, 1.165) is 5.56 Å². The lowest BCUT2D eigenvalue weighted by Gasteiger charge is -2.14. The van der Waals surface area contributed by atoms with Gasteiger partial charge in [0.2, 0.25) is 0 Å². The Morgan fingerprint density at radius 1 is 0.508 bits per heavy atom. The average molecular weight is 848 g/mol. The summed E-state index contributed by atoms with van der Waals surface area (Å²) in [4.78, 5) is 12.4. The molecule has 1 amide bonds. The molecule has 3 aromatic carbocycles. The average Bonchev–Trinajstić information content (AvgIpc) is 3.56. The van der Waals surface area contributed by atoms with Crippen LogP contribution in [0.15, 0.2) is 77.7 Å². The maximum atomic E-state index is 12.3. The van der Waals surface area contributed by atoms with Gasteiger partial charge in [0.05, 0.1) is 124 Å². The lowest BCUT2D eigenvalue weighted by atomic mass is 9.98. The highest BCUT2D eigenvalue weighted by atomic mass is 32.2. The number of alkyl carbamates (subject to hydrolysis) is 1. The van der Waals surface area contributed by atoms with Crippen molar-refractivity contribution in [3.05, 3.63) is 89.5 Å². The standard InChI is InChI=1S/C43H61NO14S/c1-36-11-13-37(14-12-36)59(46,47)58-34-33-56-32-31-55-30-29-54-28-27-53-26-25-52-24-23-51-22-21-50-20-19-49-18-17-48-16-6-15-44-43(45)57-35-42-40-9-4-2-7-38(40)39-8-3-5-10-41(39)42/h2-5,7-14,42H,6,15-35H2,1H3,(H,44,45). The van der Waals surface area contributed by atoms with Gasteiger partial charge in [-0.1, -0.05) is 66.2 Å². The van der Waals surface area contributed by atoms with Gasteiger partial charge in [-0.05, 0) is 47.7 Å². The normalized spacial score (nSPS) is 12.4. The minimum Gasteiger partial charge on any atom is -0.449 e. The zero-order chi connectivity index (χ0) is 41.6. The van der Waals surface area contributed by atoms with Gasteiger partial charge in [0, 0.05) is 19.1 Å². The van der Waals surface area contributed by atoms with E-state index in [1.165, 1.54) is 34.4 Å². The second-order valence-electron chi connectivity index (χ2n) is 13.2. The Balaban J connectivity index is 0.790. The quantitative estimate of drug-likeness (QED) is 0.0636. The molecule has 328 valence electrons. The van der Waals surface area contributed by atoms with Crippen molar-refractivity contribution in [3.63, 3.8) is 0 Å². The summed E-state index contributed by atoms with van der Waals surface area (Å²) in [6, 6.07) is 23.0. The van der Waals surface area contributed by atoms with Crippen molar-refractivity contribution in [2.45, 2.75) is 24.2 Å². The van der Waals surface area contributed by atoms with Crippen LogP contribution in [0, 0.1) is 6.92 Å². The van der Waals surface area contributed by atoms with Gasteiger partial charge >= 0.3 is 6.09 Å². The molecule has 1 N–H and O–H groups in total. The highest BCUT2D eigenvalue weighted by Crippen LogP contribution is 2.44. The van der Waals surface area contributed by atoms with Crippen LogP contribution in [0.4, 0.5) is 4.79 Å². The van der Waals surface area contributed by atoms with Gasteiger partial charge in [-0.2, -0.15) is 8.42 Å². The number of benzene rings is 3. The molecule has 1 aliphatic rings. The Kier molecular flexibility index (Phi) is 24.2. The van der Waals surface area contributed by atoms with E-state index in [1.807, 2.05) is 31.2 Å². The smallest absolute Gasteiger partial charge is 0.407 e. The van der Waals surface area contributed by atoms with Crippen LogP contribution in [-0.2, 0) is 61.7 Å². The minimum absolute atomic E-state index is 0.0422. The van der Waals surface area contributed by atoms with Crippen LogP contribution in [0.5, 0.6) is 0 Å². The largest absolute Gasteiger partial charge is 0.449 e. The Hall–Kier alpha value is -3.52. The SMILES string of the molecule is Cc1ccc(S(=O)(=O)OCCOCCOCCOCCOCCOCCOCCOCCOCCOCCCNC(=O)OCC2c3ccccc3-c3ccccc32)cc1. The van der Waals surface area contributed by atoms with Gasteiger partial charge in [0.15, 0.2) is 0 Å². The predicted molar refractivity (Wildman–Crippen MR) is 219 cm³/mol. The molecule has 59 heavy (non-hydrogen) atoms. The highest BCUT2D eigenvalue weighted by Gasteiger charge is 2.29. The van der Waals surface area contributed by atoms with Crippen LogP contribution >= 0.6 is 0 Å². The van der Waals surface area contributed by atoms with Crippen LogP contribution in [0.1, 0.15) is 29.0 Å². The van der Waals surface area contributed by atoms with Crippen molar-refractivity contribution >= 4 is 16.2 Å². The monoisotopic (exact) mass is 847 g/mol. The number of fused-ring (bicyclic) bond motifs is 3. The topological polar surface area (TPSA) is 165 Å². The molecule has 0 saturated carbocycles. The number of hydrogen-bond donors (Lipinski definition) is 1. The van der Waals surface area contributed by atoms with Crippen molar-refractivity contribution in [2.75, 3.05) is 139 Å². The Labute approximate surface area is 348 Å². The van der Waals surface area contributed by atoms with Gasteiger partial charge in [0.1, 0.15) is 6.61 Å². The summed E-state index contributed by atoms with van der Waals surface area (Å²) in [5.74, 6) is 0.0422. The molecular weight excluding hydrogens is 787 g/mol. The van der Waals surface area contributed by atoms with Crippen LogP contribution in [0.3, 0.4) is 0 Å². The summed E-state index contributed by atoms with van der Waals surface area (Å²) < 4.78 is 84.1. The fraction of sp³-hybridized carbons (Fsp3) is 0.558. The lowest BCUT2D eigenvalue weighted by molar-refractivity contribution is -0.0253. The lowest BCUT2D eigenvalue weighted by Crippen LogP contribution is -2.27. The molecule has 0 heterocycles. The molecule has 3 aromatic rings. The number of carbonyl (C=O) groups excluding carboxylic acids is 1. The third-order valence-electron chi connectivity index (χ3n) is 8.83. The van der Waals surface area contributed by atoms with Crippen molar-refractivity contribution in [1.82, 2.24) is 5.32 Å². The second-order valence-corrected chi connectivity index (χ2v) is 14.8. The molecule has 0 spiro atoms. The summed E-state index contributed by atoms with van der Waals surface area (Å²) in [5.41, 5.74) is 5.76. The fourth-order valence-corrected chi connectivity index (χ4v) is 6.74. The Morgan fingerprint density at radius 2 is 0.881 bits per heavy atom. The van der Waals surface area contributed by atoms with Gasteiger partial charge in [-0.25, -0.2) is 4.79 Å². The van der Waals surface area contributed by atoms with Crippen LogP contribution < -0.4 is 5.32 Å². The van der Waals surface area contributed by atoms with E-state index in [-0.39, 0.29) is 24.0 Å². The molecular formula is C43H61NO14S. The molecule has 0 fully saturated rings. The number of amides is 1. The zero-order valence-electron chi connectivity index (χ0n) is 34.2. The van der Waals surface area contributed by atoms with Crippen molar-refractivity contribution < 1.29 is 64.8 Å². The first-order valence-electron chi connectivity index (χ1n) is 20.2. The summed E-state index contributed by atoms with van der Waals surface area (Å²) in [6.45, 7) is 10.3. The summed E-state index contributed by atoms with van der Waals surface area (Å²) in [7, 11) is -3.78. The number of nitrogens with one attached hydrogen (secondary N) is 1. The van der Waals surface area contributed by atoms with Gasteiger partial charge < -0.3 is 52.7 Å². The first-order valence-corrected chi connectivity index (χ1v) is 21.6. The molecule has 4 rings (SSSR count). The molecule has 0 aliphatic heterocycles. The molecule has 0 atom stereocenters. The first-order chi connectivity index (χ1) is 29.0. The van der Waals surface area contributed by atoms with E-state index in [0.29, 0.717) is 132 Å². The first kappa shape index (κ1) is 48.1. The molecule has 0 radical (unpaired) electrons. The third-order valence-corrected chi connectivity index (χ3v) is 10.2. The third kappa shape index (κ3) is 19.6. The fourth-order valence-electron chi connectivity index (χ4n) is 5.85. The maximum Gasteiger partial charge on any atom is 0.407 e. The van der Waals surface area contributed by atoms with E-state index in [4.69, 9.17) is 51.6 Å². The van der Waals surface area contributed by atoms with Crippen LogP contribution in [0.25, 0.3) is 11.1 Å². The molecule has 16 heteroatoms. The molecule has 15 nitrogen and oxygen atoms in total. The Bertz CT molecular complexity index is 1630. The number of rotatable bonds is 35. The van der Waals surface area contributed by atoms with E-state index in [1.54, 1.807) is 12.1 Å². The van der Waals surface area contributed by atoms with E-state index in [2.05, 4.69) is 29.6 Å². The molecule has 0 bridgehead atoms. The highest BCUT2D eigenvalue weighted by molar-refractivity contribution is 7.86. The molecule has 0 unspecified atom stereocenters. The molecule has 0 aromatic heterocycles. The Morgan fingerprint density at radius 3 is 1.31 bits per heavy atom. The summed E-state index contributed by atoms with van der Waals surface area (Å²) in [6.07, 6.45) is 0.252. The number of ether oxygens (including phenoxy) is 10. The van der Waals surface area contributed by atoms with Gasteiger partial charge in [0.25, 0.3) is 10.1 Å². The molecule has 0 saturated heterocycles. The minimum atomic E-state index is -3.78. The van der Waals surface area contributed by atoms with E-state index in [9.17, 15) is 13.2 Å². The van der Waals surface area contributed by atoms with E-state index < -0.39 is 16.2 Å². The summed E-state index contributed by atoms with van der Waals surface area (Å²) >= 11 is 0. The van der Waals surface area contributed by atoms with Gasteiger partial charge in [-0.3, -0.25) is 4.18 Å². The molecule has 1 aliphatic carbocycles. The van der Waals surface area contributed by atoms with Crippen LogP contribution in [-0.4, -0.2) is 153 Å². The van der Waals surface area contributed by atoms with Gasteiger partial charge in [-0.15, -0.1) is 0 Å². The van der Waals surface area contributed by atoms with Crippen LogP contribution in [0.2, 0.25) is 0 Å². The zero-order valence-corrected chi connectivity index (χ0v) is 35.0. The van der Waals surface area contributed by atoms with Crippen molar-refractivity contribution in [2.24, 2.45) is 0 Å². The number of carbonyl (C=O) groups is 1. The van der Waals surface area contributed by atoms with Crippen molar-refractivity contribution in [1.29, 1.82) is 0 Å². The summed E-state index contributed by atoms with van der Waals surface area (Å²) in [5, 5.41) is 2.80. The second kappa shape index (κ2) is 29.7. The predicted octanol–water partition coefficient (Wildman–Crippen LogP) is 4.78. The van der Waals surface area contributed by atoms with Crippen molar-refractivity contribution in [3.8, 4) is 11.1 Å². The maximum absolute atomic E-state index is 12.3. The van der Waals surface area contributed by atoms with E-state index >= 15 is 0 Å².